The van der Waals surface area contributed by atoms with E-state index in [1.54, 1.807) is 0 Å². The fourth-order valence-corrected chi connectivity index (χ4v) is 2.47. The molecule has 17 heavy (non-hydrogen) atoms. The van der Waals surface area contributed by atoms with Crippen LogP contribution in [0.5, 0.6) is 0 Å². The number of rotatable bonds is 2. The highest BCUT2D eigenvalue weighted by Gasteiger charge is 2.20. The van der Waals surface area contributed by atoms with E-state index in [1.807, 2.05) is 18.3 Å². The maximum absolute atomic E-state index is 4.57. The minimum Gasteiger partial charge on any atom is -0.309 e. The van der Waals surface area contributed by atoms with E-state index in [0.717, 1.165) is 6.54 Å². The highest BCUT2D eigenvalue weighted by Crippen LogP contribution is 2.30. The zero-order valence-corrected chi connectivity index (χ0v) is 9.76. The summed E-state index contributed by atoms with van der Waals surface area (Å²) in [6.07, 6.45) is 4.33. The molecule has 1 aromatic carbocycles. The lowest BCUT2D eigenvalue weighted by Crippen LogP contribution is -2.15. The van der Waals surface area contributed by atoms with E-state index in [1.165, 1.54) is 29.7 Å². The fourth-order valence-electron chi connectivity index (χ4n) is 2.47. The number of hydrogen-bond acceptors (Lipinski definition) is 2. The second kappa shape index (κ2) is 4.68. The summed E-state index contributed by atoms with van der Waals surface area (Å²) < 4.78 is 0. The molecule has 1 aliphatic heterocycles. The largest absolute Gasteiger partial charge is 0.309 e. The predicted molar refractivity (Wildman–Crippen MR) is 69.7 cm³/mol. The molecule has 3 rings (SSSR count). The summed E-state index contributed by atoms with van der Waals surface area (Å²) in [4.78, 5) is 4.57. The van der Waals surface area contributed by atoms with Crippen molar-refractivity contribution in [1.29, 1.82) is 0 Å². The molecule has 0 amide bonds. The van der Waals surface area contributed by atoms with E-state index in [9.17, 15) is 0 Å². The second-order valence-corrected chi connectivity index (χ2v) is 4.45. The van der Waals surface area contributed by atoms with Crippen molar-refractivity contribution in [2.24, 2.45) is 0 Å². The van der Waals surface area contributed by atoms with E-state index >= 15 is 0 Å². The summed E-state index contributed by atoms with van der Waals surface area (Å²) in [6.45, 7) is 1.11. The molecule has 86 valence electrons. The van der Waals surface area contributed by atoms with Gasteiger partial charge in [-0.05, 0) is 31.0 Å². The van der Waals surface area contributed by atoms with Crippen molar-refractivity contribution in [3.05, 3.63) is 54.4 Å². The topological polar surface area (TPSA) is 24.9 Å². The summed E-state index contributed by atoms with van der Waals surface area (Å²) in [6, 6.07) is 15.1. The van der Waals surface area contributed by atoms with Crippen LogP contribution in [0.1, 0.15) is 24.6 Å². The van der Waals surface area contributed by atoms with Crippen LogP contribution < -0.4 is 5.32 Å². The standard InChI is InChI=1S/C15H16N2/c1-2-6-12(7-3-1)13-8-4-11-17-15(13)14-9-5-10-16-14/h1-4,6-8,11,14,16H,5,9-10H2. The van der Waals surface area contributed by atoms with Crippen molar-refractivity contribution in [1.82, 2.24) is 10.3 Å². The van der Waals surface area contributed by atoms with Crippen molar-refractivity contribution in [3.63, 3.8) is 0 Å². The van der Waals surface area contributed by atoms with Crippen LogP contribution in [0.15, 0.2) is 48.7 Å². The first kappa shape index (κ1) is 10.5. The van der Waals surface area contributed by atoms with Crippen LogP contribution in [0.3, 0.4) is 0 Å². The molecule has 2 nitrogen and oxygen atoms in total. The van der Waals surface area contributed by atoms with E-state index in [0.29, 0.717) is 6.04 Å². The molecule has 1 fully saturated rings. The van der Waals surface area contributed by atoms with Gasteiger partial charge in [-0.15, -0.1) is 0 Å². The molecule has 0 aliphatic carbocycles. The first-order valence-electron chi connectivity index (χ1n) is 6.19. The summed E-state index contributed by atoms with van der Waals surface area (Å²) >= 11 is 0. The van der Waals surface area contributed by atoms with Crippen LogP contribution in [0.2, 0.25) is 0 Å². The Bertz CT molecular complexity index is 487. The summed E-state index contributed by atoms with van der Waals surface area (Å²) in [7, 11) is 0. The van der Waals surface area contributed by atoms with Crippen LogP contribution in [0.25, 0.3) is 11.1 Å². The smallest absolute Gasteiger partial charge is 0.0651 e. The van der Waals surface area contributed by atoms with Gasteiger partial charge < -0.3 is 5.32 Å². The lowest BCUT2D eigenvalue weighted by Gasteiger charge is -2.14. The number of nitrogens with zero attached hydrogens (tertiary/aromatic N) is 1. The molecular formula is C15H16N2. The monoisotopic (exact) mass is 224 g/mol. The molecule has 1 atom stereocenters. The zero-order chi connectivity index (χ0) is 11.5. The number of pyridine rings is 1. The van der Waals surface area contributed by atoms with E-state index < -0.39 is 0 Å². The van der Waals surface area contributed by atoms with Gasteiger partial charge in [-0.2, -0.15) is 0 Å². The van der Waals surface area contributed by atoms with Gasteiger partial charge in [0, 0.05) is 11.8 Å². The molecule has 1 saturated heterocycles. The van der Waals surface area contributed by atoms with Crippen LogP contribution >= 0.6 is 0 Å². The molecule has 1 N–H and O–H groups in total. The van der Waals surface area contributed by atoms with Gasteiger partial charge in [-0.25, -0.2) is 0 Å². The molecule has 2 heteroatoms. The minimum atomic E-state index is 0.423. The first-order chi connectivity index (χ1) is 8.45. The third-order valence-electron chi connectivity index (χ3n) is 3.31. The zero-order valence-electron chi connectivity index (χ0n) is 9.76. The molecule has 0 radical (unpaired) electrons. The van der Waals surface area contributed by atoms with Crippen molar-refractivity contribution < 1.29 is 0 Å². The molecule has 0 bridgehead atoms. The molecule has 0 spiro atoms. The third kappa shape index (κ3) is 2.08. The average Bonchev–Trinajstić information content (AvgIpc) is 2.94. The molecule has 2 aromatic rings. The van der Waals surface area contributed by atoms with Gasteiger partial charge in [0.05, 0.1) is 11.7 Å². The van der Waals surface area contributed by atoms with Gasteiger partial charge >= 0.3 is 0 Å². The van der Waals surface area contributed by atoms with Gasteiger partial charge in [-0.1, -0.05) is 36.4 Å². The van der Waals surface area contributed by atoms with Crippen LogP contribution in [0.4, 0.5) is 0 Å². The van der Waals surface area contributed by atoms with Gasteiger partial charge in [0.25, 0.3) is 0 Å². The average molecular weight is 224 g/mol. The van der Waals surface area contributed by atoms with Crippen LogP contribution in [0, 0.1) is 0 Å². The Balaban J connectivity index is 2.04. The molecular weight excluding hydrogens is 208 g/mol. The Kier molecular flexibility index (Phi) is 2.88. The van der Waals surface area contributed by atoms with E-state index in [-0.39, 0.29) is 0 Å². The molecule has 2 heterocycles. The number of hydrogen-bond donors (Lipinski definition) is 1. The highest BCUT2D eigenvalue weighted by atomic mass is 15.0. The lowest BCUT2D eigenvalue weighted by atomic mass is 9.99. The Morgan fingerprint density at radius 1 is 1.06 bits per heavy atom. The summed E-state index contributed by atoms with van der Waals surface area (Å²) in [5.74, 6) is 0. The van der Waals surface area contributed by atoms with Gasteiger partial charge in [0.15, 0.2) is 0 Å². The van der Waals surface area contributed by atoms with Crippen molar-refractivity contribution in [2.45, 2.75) is 18.9 Å². The van der Waals surface area contributed by atoms with E-state index in [4.69, 9.17) is 0 Å². The van der Waals surface area contributed by atoms with Crippen molar-refractivity contribution in [2.75, 3.05) is 6.54 Å². The third-order valence-corrected chi connectivity index (χ3v) is 3.31. The fraction of sp³-hybridized carbons (Fsp3) is 0.267. The van der Waals surface area contributed by atoms with Gasteiger partial charge in [0.1, 0.15) is 0 Å². The minimum absolute atomic E-state index is 0.423. The maximum Gasteiger partial charge on any atom is 0.0651 e. The molecule has 1 aliphatic rings. The Hall–Kier alpha value is -1.67. The Labute approximate surface area is 102 Å². The van der Waals surface area contributed by atoms with Crippen molar-refractivity contribution in [3.8, 4) is 11.1 Å². The highest BCUT2D eigenvalue weighted by molar-refractivity contribution is 5.66. The van der Waals surface area contributed by atoms with Crippen LogP contribution in [-0.2, 0) is 0 Å². The molecule has 0 saturated carbocycles. The normalized spacial score (nSPS) is 19.4. The first-order valence-corrected chi connectivity index (χ1v) is 6.19. The van der Waals surface area contributed by atoms with Crippen LogP contribution in [-0.4, -0.2) is 11.5 Å². The molecule has 1 aromatic heterocycles. The van der Waals surface area contributed by atoms with E-state index in [2.05, 4.69) is 40.6 Å². The lowest BCUT2D eigenvalue weighted by molar-refractivity contribution is 0.629. The summed E-state index contributed by atoms with van der Waals surface area (Å²) in [5, 5.41) is 3.52. The Morgan fingerprint density at radius 2 is 1.94 bits per heavy atom. The number of aromatic nitrogens is 1. The summed E-state index contributed by atoms with van der Waals surface area (Å²) in [5.41, 5.74) is 3.70. The maximum atomic E-state index is 4.57. The Morgan fingerprint density at radius 3 is 2.71 bits per heavy atom. The predicted octanol–water partition coefficient (Wildman–Crippen LogP) is 3.17. The quantitative estimate of drug-likeness (QED) is 0.847. The van der Waals surface area contributed by atoms with Gasteiger partial charge in [0.2, 0.25) is 0 Å². The second-order valence-electron chi connectivity index (χ2n) is 4.45. The van der Waals surface area contributed by atoms with Gasteiger partial charge in [-0.3, -0.25) is 4.98 Å². The SMILES string of the molecule is c1ccc(-c2cccnc2C2CCCN2)cc1. The van der Waals surface area contributed by atoms with Crippen molar-refractivity contribution >= 4 is 0 Å². The number of benzene rings is 1. The number of nitrogens with one attached hydrogen (secondary N) is 1. The molecule has 1 unspecified atom stereocenters.